The molecule has 2 N–H and O–H groups in total. The zero-order valence-electron chi connectivity index (χ0n) is 12.6. The average molecular weight is 304 g/mol. The van der Waals surface area contributed by atoms with Gasteiger partial charge in [0.2, 0.25) is 0 Å². The van der Waals surface area contributed by atoms with Crippen LogP contribution in [0, 0.1) is 0 Å². The van der Waals surface area contributed by atoms with Crippen molar-refractivity contribution in [2.75, 3.05) is 5.73 Å². The third-order valence-corrected chi connectivity index (χ3v) is 4.41. The molecule has 0 bridgehead atoms. The highest BCUT2D eigenvalue weighted by atomic mass is 15.3. The average Bonchev–Trinajstić information content (AvgIpc) is 3.18. The predicted octanol–water partition coefficient (Wildman–Crippen LogP) is 2.59. The predicted molar refractivity (Wildman–Crippen MR) is 88.2 cm³/mol. The Labute approximate surface area is 132 Å². The van der Waals surface area contributed by atoms with Gasteiger partial charge in [-0.2, -0.15) is 5.10 Å². The molecular weight excluding hydrogens is 288 g/mol. The maximum Gasteiger partial charge on any atom is 0.137 e. The van der Waals surface area contributed by atoms with E-state index in [1.807, 2.05) is 16.9 Å². The first kappa shape index (κ1) is 12.6. The highest BCUT2D eigenvalue weighted by molar-refractivity contribution is 5.87. The van der Waals surface area contributed by atoms with Gasteiger partial charge in [-0.1, -0.05) is 6.07 Å². The van der Waals surface area contributed by atoms with E-state index >= 15 is 0 Å². The maximum atomic E-state index is 5.89. The normalized spacial score (nSPS) is 14.8. The van der Waals surface area contributed by atoms with E-state index in [-0.39, 0.29) is 0 Å². The second-order valence-electron chi connectivity index (χ2n) is 6.19. The van der Waals surface area contributed by atoms with Crippen LogP contribution in [0.4, 0.5) is 5.82 Å². The van der Waals surface area contributed by atoms with Gasteiger partial charge in [0.25, 0.3) is 0 Å². The molecule has 4 aromatic rings. The molecule has 0 amide bonds. The van der Waals surface area contributed by atoms with E-state index in [1.54, 1.807) is 6.20 Å². The molecule has 5 rings (SSSR count). The maximum absolute atomic E-state index is 5.89. The van der Waals surface area contributed by atoms with Crippen LogP contribution in [0.25, 0.3) is 16.6 Å². The zero-order chi connectivity index (χ0) is 15.4. The Bertz CT molecular complexity index is 1020. The van der Waals surface area contributed by atoms with Crippen molar-refractivity contribution in [3.63, 3.8) is 0 Å². The smallest absolute Gasteiger partial charge is 0.137 e. The molecule has 0 unspecified atom stereocenters. The fourth-order valence-electron chi connectivity index (χ4n) is 3.06. The number of fused-ring (bicyclic) bond motifs is 2. The van der Waals surface area contributed by atoms with Gasteiger partial charge in [0.15, 0.2) is 0 Å². The Kier molecular flexibility index (Phi) is 2.50. The SMILES string of the molecule is Nc1nccc2nn(Cc3cn4cc(C5CC5)ccc4n3)cc12. The molecule has 0 aliphatic heterocycles. The minimum absolute atomic E-state index is 0.512. The van der Waals surface area contributed by atoms with E-state index in [2.05, 4.69) is 44.0 Å². The Hall–Kier alpha value is -2.89. The second kappa shape index (κ2) is 4.55. The zero-order valence-corrected chi connectivity index (χ0v) is 12.6. The molecule has 114 valence electrons. The van der Waals surface area contributed by atoms with Gasteiger partial charge >= 0.3 is 0 Å². The molecular formula is C17H16N6. The van der Waals surface area contributed by atoms with Crippen molar-refractivity contribution in [3.8, 4) is 0 Å². The first-order valence-electron chi connectivity index (χ1n) is 7.81. The van der Waals surface area contributed by atoms with E-state index < -0.39 is 0 Å². The number of imidazole rings is 1. The Morgan fingerprint density at radius 2 is 2.04 bits per heavy atom. The molecule has 1 aliphatic carbocycles. The van der Waals surface area contributed by atoms with Crippen LogP contribution in [0.5, 0.6) is 0 Å². The Balaban J connectivity index is 1.50. The number of hydrogen-bond donors (Lipinski definition) is 1. The van der Waals surface area contributed by atoms with Gasteiger partial charge in [-0.05, 0) is 36.5 Å². The van der Waals surface area contributed by atoms with Crippen molar-refractivity contribution >= 4 is 22.4 Å². The van der Waals surface area contributed by atoms with Gasteiger partial charge < -0.3 is 10.1 Å². The van der Waals surface area contributed by atoms with E-state index in [4.69, 9.17) is 5.73 Å². The van der Waals surface area contributed by atoms with Gasteiger partial charge in [0, 0.05) is 24.8 Å². The van der Waals surface area contributed by atoms with Gasteiger partial charge in [-0.3, -0.25) is 4.68 Å². The highest BCUT2D eigenvalue weighted by Gasteiger charge is 2.23. The number of hydrogen-bond acceptors (Lipinski definition) is 4. The second-order valence-corrected chi connectivity index (χ2v) is 6.19. The summed E-state index contributed by atoms with van der Waals surface area (Å²) in [7, 11) is 0. The molecule has 6 nitrogen and oxygen atoms in total. The summed E-state index contributed by atoms with van der Waals surface area (Å²) in [5, 5.41) is 5.42. The monoisotopic (exact) mass is 304 g/mol. The van der Waals surface area contributed by atoms with Crippen molar-refractivity contribution in [2.45, 2.75) is 25.3 Å². The number of nitrogen functional groups attached to an aromatic ring is 1. The number of anilines is 1. The van der Waals surface area contributed by atoms with Crippen LogP contribution in [-0.4, -0.2) is 24.1 Å². The first-order chi connectivity index (χ1) is 11.3. The van der Waals surface area contributed by atoms with Crippen LogP contribution in [0.15, 0.2) is 43.0 Å². The van der Waals surface area contributed by atoms with E-state index in [0.717, 1.165) is 28.2 Å². The molecule has 23 heavy (non-hydrogen) atoms. The fourth-order valence-corrected chi connectivity index (χ4v) is 3.06. The first-order valence-corrected chi connectivity index (χ1v) is 7.81. The highest BCUT2D eigenvalue weighted by Crippen LogP contribution is 2.39. The number of rotatable bonds is 3. The molecule has 0 radical (unpaired) electrons. The Morgan fingerprint density at radius 3 is 2.87 bits per heavy atom. The fraction of sp³-hybridized carbons (Fsp3) is 0.235. The number of pyridine rings is 2. The van der Waals surface area contributed by atoms with Crippen molar-refractivity contribution in [1.82, 2.24) is 24.1 Å². The lowest BCUT2D eigenvalue weighted by Gasteiger charge is -1.98. The number of nitrogens with zero attached hydrogens (tertiary/aromatic N) is 5. The molecule has 1 aliphatic rings. The summed E-state index contributed by atoms with van der Waals surface area (Å²) < 4.78 is 3.98. The third-order valence-electron chi connectivity index (χ3n) is 4.41. The van der Waals surface area contributed by atoms with Crippen LogP contribution in [0.1, 0.15) is 30.0 Å². The third kappa shape index (κ3) is 2.14. The van der Waals surface area contributed by atoms with Crippen molar-refractivity contribution in [3.05, 3.63) is 54.2 Å². The van der Waals surface area contributed by atoms with Gasteiger partial charge in [-0.25, -0.2) is 9.97 Å². The van der Waals surface area contributed by atoms with Crippen LogP contribution in [-0.2, 0) is 6.54 Å². The van der Waals surface area contributed by atoms with Crippen LogP contribution < -0.4 is 5.73 Å². The largest absolute Gasteiger partial charge is 0.383 e. The lowest BCUT2D eigenvalue weighted by Crippen LogP contribution is -1.99. The van der Waals surface area contributed by atoms with Crippen LogP contribution in [0.3, 0.4) is 0 Å². The minimum atomic E-state index is 0.512. The summed E-state index contributed by atoms with van der Waals surface area (Å²) in [6.07, 6.45) is 10.5. The number of nitrogens with two attached hydrogens (primary N) is 1. The molecule has 0 atom stereocenters. The summed E-state index contributed by atoms with van der Waals surface area (Å²) in [6.45, 7) is 0.620. The molecule has 0 saturated heterocycles. The number of aromatic nitrogens is 5. The molecule has 6 heteroatoms. The molecule has 4 heterocycles. The minimum Gasteiger partial charge on any atom is -0.383 e. The quantitative estimate of drug-likeness (QED) is 0.631. The van der Waals surface area contributed by atoms with Crippen molar-refractivity contribution < 1.29 is 0 Å². The van der Waals surface area contributed by atoms with E-state index in [0.29, 0.717) is 12.4 Å². The summed E-state index contributed by atoms with van der Waals surface area (Å²) in [5.74, 6) is 1.26. The van der Waals surface area contributed by atoms with Gasteiger partial charge in [-0.15, -0.1) is 0 Å². The van der Waals surface area contributed by atoms with Gasteiger partial charge in [0.05, 0.1) is 23.1 Å². The Morgan fingerprint density at radius 1 is 1.13 bits per heavy atom. The van der Waals surface area contributed by atoms with Crippen LogP contribution >= 0.6 is 0 Å². The molecule has 1 saturated carbocycles. The standard InChI is InChI=1S/C17H16N6/c18-17-14-10-23(21-15(14)5-6-19-17)9-13-8-22-7-12(11-1-2-11)3-4-16(22)20-13/h3-8,10-11H,1-2,9H2,(H2,18,19). The van der Waals surface area contributed by atoms with Gasteiger partial charge in [0.1, 0.15) is 11.5 Å². The lowest BCUT2D eigenvalue weighted by atomic mass is 10.2. The molecule has 4 aromatic heterocycles. The van der Waals surface area contributed by atoms with Crippen molar-refractivity contribution in [2.24, 2.45) is 0 Å². The van der Waals surface area contributed by atoms with E-state index in [9.17, 15) is 0 Å². The molecule has 0 aromatic carbocycles. The summed E-state index contributed by atoms with van der Waals surface area (Å²) in [4.78, 5) is 8.78. The molecule has 1 fully saturated rings. The summed E-state index contributed by atoms with van der Waals surface area (Å²) in [6, 6.07) is 6.16. The lowest BCUT2D eigenvalue weighted by molar-refractivity contribution is 0.684. The summed E-state index contributed by atoms with van der Waals surface area (Å²) in [5.41, 5.74) is 10.1. The van der Waals surface area contributed by atoms with Crippen LogP contribution in [0.2, 0.25) is 0 Å². The summed E-state index contributed by atoms with van der Waals surface area (Å²) >= 11 is 0. The topological polar surface area (TPSA) is 74.0 Å². The van der Waals surface area contributed by atoms with Crippen molar-refractivity contribution in [1.29, 1.82) is 0 Å². The van der Waals surface area contributed by atoms with E-state index in [1.165, 1.54) is 18.4 Å². The molecule has 0 spiro atoms.